The van der Waals surface area contributed by atoms with Crippen molar-refractivity contribution in [1.29, 1.82) is 5.26 Å². The molecule has 8 heteroatoms. The lowest BCUT2D eigenvalue weighted by Gasteiger charge is -2.22. The van der Waals surface area contributed by atoms with Crippen molar-refractivity contribution < 1.29 is 9.59 Å². The molecule has 0 aromatic carbocycles. The van der Waals surface area contributed by atoms with Crippen LogP contribution in [0.25, 0.3) is 10.9 Å². The fourth-order valence-corrected chi connectivity index (χ4v) is 3.89. The van der Waals surface area contributed by atoms with Crippen molar-refractivity contribution in [3.05, 3.63) is 34.9 Å². The Bertz CT molecular complexity index is 997. The summed E-state index contributed by atoms with van der Waals surface area (Å²) in [6.45, 7) is 0.603. The minimum absolute atomic E-state index is 0.0718. The highest BCUT2D eigenvalue weighted by molar-refractivity contribution is 5.83. The maximum absolute atomic E-state index is 13.0. The third kappa shape index (κ3) is 3.65. The molecule has 3 N–H and O–H groups in total. The number of fused-ring (bicyclic) bond motifs is 1. The molecule has 3 atom stereocenters. The first kappa shape index (κ1) is 18.3. The molecule has 1 saturated heterocycles. The summed E-state index contributed by atoms with van der Waals surface area (Å²) in [7, 11) is 0. The Kier molecular flexibility index (Phi) is 4.90. The zero-order valence-corrected chi connectivity index (χ0v) is 15.5. The second kappa shape index (κ2) is 7.50. The van der Waals surface area contributed by atoms with Gasteiger partial charge in [-0.1, -0.05) is 12.8 Å². The number of nitrogens with zero attached hydrogens (tertiary/aromatic N) is 2. The van der Waals surface area contributed by atoms with Crippen molar-refractivity contribution in [2.75, 3.05) is 6.54 Å². The van der Waals surface area contributed by atoms with Crippen LogP contribution < -0.4 is 16.2 Å². The summed E-state index contributed by atoms with van der Waals surface area (Å²) in [4.78, 5) is 40.6. The van der Waals surface area contributed by atoms with Gasteiger partial charge in [0.15, 0.2) is 0 Å². The molecule has 2 aliphatic rings. The summed E-state index contributed by atoms with van der Waals surface area (Å²) in [6.07, 6.45) is 6.97. The lowest BCUT2D eigenvalue weighted by atomic mass is 9.98. The molecule has 28 heavy (non-hydrogen) atoms. The van der Waals surface area contributed by atoms with E-state index in [4.69, 9.17) is 0 Å². The van der Waals surface area contributed by atoms with E-state index < -0.39 is 12.1 Å². The third-order valence-electron chi connectivity index (χ3n) is 5.69. The molecule has 4 rings (SSSR count). The van der Waals surface area contributed by atoms with Crippen LogP contribution in [0.4, 0.5) is 0 Å². The minimum atomic E-state index is -0.757. The van der Waals surface area contributed by atoms with E-state index in [0.717, 1.165) is 18.2 Å². The standard InChI is InChI=1S/C20H23N5O3/c21-11-15(10-14-4-7-23-18(14)26)24-19(27)16(9-12-1-2-12)25-8-5-13-3-6-22-17(13)20(25)28/h3,5-6,8,12,14-16,22H,1-2,4,7,9-10H2,(H,23,26)(H,24,27)/t14-,15?,16?/m0/s1. The number of H-pyrrole nitrogens is 1. The number of pyridine rings is 1. The predicted molar refractivity (Wildman–Crippen MR) is 102 cm³/mol. The second-order valence-electron chi connectivity index (χ2n) is 7.73. The van der Waals surface area contributed by atoms with Gasteiger partial charge in [0.05, 0.1) is 6.07 Å². The first-order chi connectivity index (χ1) is 13.6. The van der Waals surface area contributed by atoms with Crippen molar-refractivity contribution in [1.82, 2.24) is 20.2 Å². The Hall–Kier alpha value is -3.08. The Morgan fingerprint density at radius 1 is 1.29 bits per heavy atom. The van der Waals surface area contributed by atoms with Crippen molar-refractivity contribution in [3.8, 4) is 6.07 Å². The van der Waals surface area contributed by atoms with Crippen molar-refractivity contribution in [3.63, 3.8) is 0 Å². The fourth-order valence-electron chi connectivity index (χ4n) is 3.89. The van der Waals surface area contributed by atoms with Crippen LogP contribution in [0, 0.1) is 23.2 Å². The van der Waals surface area contributed by atoms with Crippen LogP contribution in [-0.2, 0) is 9.59 Å². The molecule has 8 nitrogen and oxygen atoms in total. The molecule has 0 bridgehead atoms. The monoisotopic (exact) mass is 381 g/mol. The number of carbonyl (C=O) groups is 2. The zero-order valence-electron chi connectivity index (χ0n) is 15.5. The molecular weight excluding hydrogens is 358 g/mol. The first-order valence-electron chi connectivity index (χ1n) is 9.72. The smallest absolute Gasteiger partial charge is 0.275 e. The number of hydrogen-bond acceptors (Lipinski definition) is 4. The van der Waals surface area contributed by atoms with E-state index in [-0.39, 0.29) is 29.7 Å². The van der Waals surface area contributed by atoms with E-state index in [9.17, 15) is 19.6 Å². The molecule has 1 aliphatic carbocycles. The van der Waals surface area contributed by atoms with Gasteiger partial charge < -0.3 is 20.2 Å². The number of rotatable bonds is 7. The summed E-state index contributed by atoms with van der Waals surface area (Å²) in [5.74, 6) is -0.254. The molecule has 2 aromatic rings. The largest absolute Gasteiger partial charge is 0.357 e. The number of nitrogens with one attached hydrogen (secondary N) is 3. The third-order valence-corrected chi connectivity index (χ3v) is 5.69. The summed E-state index contributed by atoms with van der Waals surface area (Å²) < 4.78 is 1.46. The van der Waals surface area contributed by atoms with Gasteiger partial charge in [-0.2, -0.15) is 5.26 Å². The summed E-state index contributed by atoms with van der Waals surface area (Å²) in [6, 6.07) is 4.29. The van der Waals surface area contributed by atoms with Crippen molar-refractivity contribution >= 4 is 22.7 Å². The number of carbonyl (C=O) groups excluding carboxylic acids is 2. The molecule has 2 unspecified atom stereocenters. The van der Waals surface area contributed by atoms with Crippen LogP contribution in [0.15, 0.2) is 29.3 Å². The molecule has 1 saturated carbocycles. The van der Waals surface area contributed by atoms with Gasteiger partial charge in [0.25, 0.3) is 5.56 Å². The Labute approximate surface area is 161 Å². The van der Waals surface area contributed by atoms with Gasteiger partial charge in [0, 0.05) is 30.2 Å². The normalized spacial score (nSPS) is 21.1. The maximum Gasteiger partial charge on any atom is 0.275 e. The lowest BCUT2D eigenvalue weighted by Crippen LogP contribution is -2.43. The second-order valence-corrected chi connectivity index (χ2v) is 7.73. The van der Waals surface area contributed by atoms with Crippen molar-refractivity contribution in [2.24, 2.45) is 11.8 Å². The van der Waals surface area contributed by atoms with Crippen LogP contribution in [-0.4, -0.2) is 34.0 Å². The number of aromatic amines is 1. The molecular formula is C20H23N5O3. The molecule has 0 spiro atoms. The van der Waals surface area contributed by atoms with E-state index in [1.54, 1.807) is 12.4 Å². The fraction of sp³-hybridized carbons (Fsp3) is 0.500. The number of nitriles is 1. The van der Waals surface area contributed by atoms with Gasteiger partial charge in [-0.15, -0.1) is 0 Å². The van der Waals surface area contributed by atoms with Gasteiger partial charge in [0.1, 0.15) is 17.6 Å². The van der Waals surface area contributed by atoms with E-state index in [2.05, 4.69) is 21.7 Å². The minimum Gasteiger partial charge on any atom is -0.357 e. The van der Waals surface area contributed by atoms with Gasteiger partial charge >= 0.3 is 0 Å². The highest BCUT2D eigenvalue weighted by atomic mass is 16.2. The summed E-state index contributed by atoms with van der Waals surface area (Å²) in [5.41, 5.74) is 0.225. The van der Waals surface area contributed by atoms with Crippen molar-refractivity contribution in [2.45, 2.75) is 44.2 Å². The quantitative estimate of drug-likeness (QED) is 0.667. The van der Waals surface area contributed by atoms with Gasteiger partial charge in [-0.3, -0.25) is 14.4 Å². The SMILES string of the molecule is N#CC(C[C@@H]1CCNC1=O)NC(=O)C(CC1CC1)n1ccc2cc[nH]c2c1=O. The lowest BCUT2D eigenvalue weighted by molar-refractivity contribution is -0.126. The molecule has 0 radical (unpaired) electrons. The average Bonchev–Trinajstić information content (AvgIpc) is 3.21. The van der Waals surface area contributed by atoms with Crippen LogP contribution in [0.1, 0.15) is 38.1 Å². The van der Waals surface area contributed by atoms with Crippen LogP contribution >= 0.6 is 0 Å². The average molecular weight is 381 g/mol. The van der Waals surface area contributed by atoms with Gasteiger partial charge in [-0.25, -0.2) is 0 Å². The van der Waals surface area contributed by atoms with Crippen LogP contribution in [0.3, 0.4) is 0 Å². The Morgan fingerprint density at radius 2 is 2.11 bits per heavy atom. The van der Waals surface area contributed by atoms with E-state index in [1.807, 2.05) is 12.1 Å². The van der Waals surface area contributed by atoms with Crippen LogP contribution in [0.5, 0.6) is 0 Å². The Balaban J connectivity index is 1.55. The zero-order chi connectivity index (χ0) is 19.7. The topological polar surface area (TPSA) is 120 Å². The van der Waals surface area contributed by atoms with Crippen LogP contribution in [0.2, 0.25) is 0 Å². The number of hydrogen-bond donors (Lipinski definition) is 3. The van der Waals surface area contributed by atoms with E-state index >= 15 is 0 Å². The number of amides is 2. The van der Waals surface area contributed by atoms with Gasteiger partial charge in [0.2, 0.25) is 11.8 Å². The molecule has 146 valence electrons. The molecule has 3 heterocycles. The molecule has 2 aromatic heterocycles. The summed E-state index contributed by atoms with van der Waals surface area (Å²) >= 11 is 0. The Morgan fingerprint density at radius 3 is 2.79 bits per heavy atom. The highest BCUT2D eigenvalue weighted by Crippen LogP contribution is 2.36. The highest BCUT2D eigenvalue weighted by Gasteiger charge is 2.33. The summed E-state index contributed by atoms with van der Waals surface area (Å²) in [5, 5.41) is 15.8. The number of aromatic nitrogens is 2. The maximum atomic E-state index is 13.0. The molecule has 2 fully saturated rings. The predicted octanol–water partition coefficient (Wildman–Crippen LogP) is 1.21. The first-order valence-corrected chi connectivity index (χ1v) is 9.72. The van der Waals surface area contributed by atoms with Gasteiger partial charge in [-0.05, 0) is 37.3 Å². The van der Waals surface area contributed by atoms with E-state index in [0.29, 0.717) is 30.8 Å². The van der Waals surface area contributed by atoms with E-state index in [1.165, 1.54) is 4.57 Å². The molecule has 1 aliphatic heterocycles. The molecule has 2 amide bonds.